The molecule has 2 N–H and O–H groups in total. The van der Waals surface area contributed by atoms with Crippen LogP contribution in [0.5, 0.6) is 0 Å². The van der Waals surface area contributed by atoms with Crippen LogP contribution in [0.2, 0.25) is 0 Å². The van der Waals surface area contributed by atoms with E-state index in [0.29, 0.717) is 6.04 Å². The number of anilines is 1. The minimum Gasteiger partial charge on any atom is -0.367 e. The maximum atomic E-state index is 4.81. The Morgan fingerprint density at radius 1 is 0.923 bits per heavy atom. The number of hydrogen-bond acceptors (Lipinski definition) is 5. The molecule has 1 saturated heterocycles. The lowest BCUT2D eigenvalue weighted by Gasteiger charge is -2.24. The molecule has 3 aromatic rings. The van der Waals surface area contributed by atoms with Crippen molar-refractivity contribution in [3.63, 3.8) is 0 Å². The summed E-state index contributed by atoms with van der Waals surface area (Å²) in [6.45, 7) is 4.18. The summed E-state index contributed by atoms with van der Waals surface area (Å²) in [5, 5.41) is 7.01. The normalized spacial score (nSPS) is 15.0. The highest BCUT2D eigenvalue weighted by Crippen LogP contribution is 2.25. The first-order valence-corrected chi connectivity index (χ1v) is 9.12. The number of hydrogen-bond donors (Lipinski definition) is 2. The van der Waals surface area contributed by atoms with Crippen molar-refractivity contribution < 1.29 is 0 Å². The summed E-state index contributed by atoms with van der Waals surface area (Å²) in [5.41, 5.74) is 4.21. The molecule has 5 heteroatoms. The maximum absolute atomic E-state index is 4.81. The first-order chi connectivity index (χ1) is 12.8. The third kappa shape index (κ3) is 3.89. The molecule has 0 atom stereocenters. The summed E-state index contributed by atoms with van der Waals surface area (Å²) in [6.07, 6.45) is 5.80. The third-order valence-electron chi connectivity index (χ3n) is 4.70. The maximum Gasteiger partial charge on any atom is 0.162 e. The van der Waals surface area contributed by atoms with Gasteiger partial charge in [-0.1, -0.05) is 29.8 Å². The van der Waals surface area contributed by atoms with Gasteiger partial charge in [-0.15, -0.1) is 0 Å². The fourth-order valence-corrected chi connectivity index (χ4v) is 3.20. The van der Waals surface area contributed by atoms with Crippen LogP contribution in [0.3, 0.4) is 0 Å². The van der Waals surface area contributed by atoms with E-state index >= 15 is 0 Å². The molecule has 2 aromatic heterocycles. The zero-order valence-corrected chi connectivity index (χ0v) is 14.9. The van der Waals surface area contributed by atoms with Crippen molar-refractivity contribution in [2.45, 2.75) is 25.8 Å². The fraction of sp³-hybridized carbons (Fsp3) is 0.286. The smallest absolute Gasteiger partial charge is 0.162 e. The molecule has 4 rings (SSSR count). The van der Waals surface area contributed by atoms with E-state index in [1.54, 1.807) is 12.4 Å². The van der Waals surface area contributed by atoms with Gasteiger partial charge in [0, 0.05) is 35.6 Å². The van der Waals surface area contributed by atoms with Gasteiger partial charge < -0.3 is 10.6 Å². The first kappa shape index (κ1) is 16.7. The van der Waals surface area contributed by atoms with Crippen molar-refractivity contribution in [3.8, 4) is 22.6 Å². The fourth-order valence-electron chi connectivity index (χ4n) is 3.20. The lowest BCUT2D eigenvalue weighted by Crippen LogP contribution is -2.35. The Morgan fingerprint density at radius 3 is 2.38 bits per heavy atom. The van der Waals surface area contributed by atoms with E-state index in [1.807, 2.05) is 18.2 Å². The first-order valence-electron chi connectivity index (χ1n) is 9.12. The predicted octanol–water partition coefficient (Wildman–Crippen LogP) is 3.68. The second-order valence-electron chi connectivity index (χ2n) is 6.73. The SMILES string of the molecule is Cc1ccc(-c2nc(NC3CCNCC3)cc(-c3ccncc3)n2)cc1. The van der Waals surface area contributed by atoms with Crippen LogP contribution in [-0.4, -0.2) is 34.1 Å². The molecule has 1 aromatic carbocycles. The van der Waals surface area contributed by atoms with Crippen molar-refractivity contribution in [2.24, 2.45) is 0 Å². The largest absolute Gasteiger partial charge is 0.367 e. The highest BCUT2D eigenvalue weighted by Gasteiger charge is 2.15. The molecule has 1 aliphatic heterocycles. The number of pyridine rings is 1. The number of piperidine rings is 1. The molecule has 26 heavy (non-hydrogen) atoms. The number of nitrogens with zero attached hydrogens (tertiary/aromatic N) is 3. The molecular weight excluding hydrogens is 322 g/mol. The number of nitrogens with one attached hydrogen (secondary N) is 2. The topological polar surface area (TPSA) is 62.7 Å². The van der Waals surface area contributed by atoms with Crippen molar-refractivity contribution in [3.05, 3.63) is 60.4 Å². The molecule has 132 valence electrons. The monoisotopic (exact) mass is 345 g/mol. The van der Waals surface area contributed by atoms with Gasteiger partial charge in [0.1, 0.15) is 5.82 Å². The highest BCUT2D eigenvalue weighted by molar-refractivity contribution is 5.67. The van der Waals surface area contributed by atoms with Crippen LogP contribution in [0.1, 0.15) is 18.4 Å². The Balaban J connectivity index is 1.72. The molecule has 3 heterocycles. The molecule has 0 bridgehead atoms. The van der Waals surface area contributed by atoms with Crippen molar-refractivity contribution in [2.75, 3.05) is 18.4 Å². The molecular formula is C21H23N5. The van der Waals surface area contributed by atoms with Gasteiger partial charge in [0.25, 0.3) is 0 Å². The van der Waals surface area contributed by atoms with Gasteiger partial charge in [-0.25, -0.2) is 9.97 Å². The van der Waals surface area contributed by atoms with E-state index in [2.05, 4.69) is 46.8 Å². The summed E-state index contributed by atoms with van der Waals surface area (Å²) in [7, 11) is 0. The lowest BCUT2D eigenvalue weighted by atomic mass is 10.1. The van der Waals surface area contributed by atoms with Crippen molar-refractivity contribution >= 4 is 5.82 Å². The van der Waals surface area contributed by atoms with Crippen LogP contribution in [0.4, 0.5) is 5.82 Å². The van der Waals surface area contributed by atoms with Gasteiger partial charge in [-0.05, 0) is 45.0 Å². The summed E-state index contributed by atoms with van der Waals surface area (Å²) in [4.78, 5) is 13.7. The summed E-state index contributed by atoms with van der Waals surface area (Å²) < 4.78 is 0. The van der Waals surface area contributed by atoms with E-state index in [0.717, 1.165) is 54.4 Å². The van der Waals surface area contributed by atoms with E-state index in [1.165, 1.54) is 5.56 Å². The summed E-state index contributed by atoms with van der Waals surface area (Å²) in [5.74, 6) is 1.63. The average molecular weight is 345 g/mol. The standard InChI is InChI=1S/C21H23N5/c1-15-2-4-17(5-3-15)21-25-19(16-6-10-22-11-7-16)14-20(26-21)24-18-8-12-23-13-9-18/h2-7,10-11,14,18,23H,8-9,12-13H2,1H3,(H,24,25,26). The zero-order valence-electron chi connectivity index (χ0n) is 14.9. The highest BCUT2D eigenvalue weighted by atomic mass is 15.1. The Hall–Kier alpha value is -2.79. The van der Waals surface area contributed by atoms with Crippen LogP contribution < -0.4 is 10.6 Å². The Labute approximate surface area is 153 Å². The molecule has 0 unspecified atom stereocenters. The Bertz CT molecular complexity index is 855. The van der Waals surface area contributed by atoms with Crippen LogP contribution >= 0.6 is 0 Å². The average Bonchev–Trinajstić information content (AvgIpc) is 2.70. The Kier molecular flexibility index (Phi) is 4.88. The van der Waals surface area contributed by atoms with Crippen molar-refractivity contribution in [1.29, 1.82) is 0 Å². The van der Waals surface area contributed by atoms with Gasteiger partial charge in [0.05, 0.1) is 5.69 Å². The van der Waals surface area contributed by atoms with E-state index < -0.39 is 0 Å². The van der Waals surface area contributed by atoms with Gasteiger partial charge in [0.15, 0.2) is 5.82 Å². The minimum absolute atomic E-state index is 0.447. The molecule has 0 spiro atoms. The summed E-state index contributed by atoms with van der Waals surface area (Å²) >= 11 is 0. The number of aromatic nitrogens is 3. The quantitative estimate of drug-likeness (QED) is 0.755. The third-order valence-corrected chi connectivity index (χ3v) is 4.70. The van der Waals surface area contributed by atoms with Gasteiger partial charge >= 0.3 is 0 Å². The van der Waals surface area contributed by atoms with Crippen LogP contribution in [0.25, 0.3) is 22.6 Å². The number of rotatable bonds is 4. The molecule has 0 aliphatic carbocycles. The molecule has 1 fully saturated rings. The van der Waals surface area contributed by atoms with Crippen molar-refractivity contribution in [1.82, 2.24) is 20.3 Å². The van der Waals surface area contributed by atoms with Gasteiger partial charge in [-0.2, -0.15) is 0 Å². The van der Waals surface area contributed by atoms with E-state index in [4.69, 9.17) is 9.97 Å². The van der Waals surface area contributed by atoms with Gasteiger partial charge in [0.2, 0.25) is 0 Å². The molecule has 0 radical (unpaired) electrons. The summed E-state index contributed by atoms with van der Waals surface area (Å²) in [6, 6.07) is 14.8. The molecule has 0 saturated carbocycles. The van der Waals surface area contributed by atoms with E-state index in [-0.39, 0.29) is 0 Å². The molecule has 0 amide bonds. The Morgan fingerprint density at radius 2 is 1.65 bits per heavy atom. The second kappa shape index (κ2) is 7.62. The van der Waals surface area contributed by atoms with Crippen LogP contribution in [0.15, 0.2) is 54.9 Å². The second-order valence-corrected chi connectivity index (χ2v) is 6.73. The predicted molar refractivity (Wildman–Crippen MR) is 105 cm³/mol. The lowest BCUT2D eigenvalue weighted by molar-refractivity contribution is 0.478. The minimum atomic E-state index is 0.447. The van der Waals surface area contributed by atoms with Crippen LogP contribution in [-0.2, 0) is 0 Å². The molecule has 1 aliphatic rings. The number of aryl methyl sites for hydroxylation is 1. The number of benzene rings is 1. The molecule has 5 nitrogen and oxygen atoms in total. The van der Waals surface area contributed by atoms with E-state index in [9.17, 15) is 0 Å². The van der Waals surface area contributed by atoms with Crippen LogP contribution in [0, 0.1) is 6.92 Å². The van der Waals surface area contributed by atoms with Gasteiger partial charge in [-0.3, -0.25) is 4.98 Å². The zero-order chi connectivity index (χ0) is 17.8.